The Morgan fingerprint density at radius 1 is 0.857 bits per heavy atom. The first kappa shape index (κ1) is 13.8. The third-order valence-corrected chi connectivity index (χ3v) is 2.03. The molecule has 0 aromatic rings. The highest BCUT2D eigenvalue weighted by molar-refractivity contribution is 4.64. The maximum Gasteiger partial charge on any atom is 0.0793 e. The van der Waals surface area contributed by atoms with Gasteiger partial charge in [-0.1, -0.05) is 0 Å². The maximum absolute atomic E-state index is 9.66. The SMILES string of the molecule is CN(C)CCN(C)CC(O)CN(C)C. The van der Waals surface area contributed by atoms with Gasteiger partial charge in [-0.25, -0.2) is 0 Å². The van der Waals surface area contributed by atoms with Gasteiger partial charge in [0, 0.05) is 26.2 Å². The van der Waals surface area contributed by atoms with E-state index in [1.54, 1.807) is 0 Å². The van der Waals surface area contributed by atoms with E-state index in [1.807, 2.05) is 26.0 Å². The number of aliphatic hydroxyl groups excluding tert-OH is 1. The van der Waals surface area contributed by atoms with E-state index in [2.05, 4.69) is 23.9 Å². The van der Waals surface area contributed by atoms with Crippen molar-refractivity contribution in [2.24, 2.45) is 0 Å². The third-order valence-electron chi connectivity index (χ3n) is 2.03. The second-order valence-corrected chi connectivity index (χ2v) is 4.48. The predicted molar refractivity (Wildman–Crippen MR) is 60.6 cm³/mol. The molecule has 1 atom stereocenters. The van der Waals surface area contributed by atoms with Crippen molar-refractivity contribution in [3.05, 3.63) is 0 Å². The van der Waals surface area contributed by atoms with Gasteiger partial charge in [0.15, 0.2) is 0 Å². The zero-order valence-corrected chi connectivity index (χ0v) is 10.2. The van der Waals surface area contributed by atoms with Gasteiger partial charge in [0.1, 0.15) is 0 Å². The highest BCUT2D eigenvalue weighted by Gasteiger charge is 2.08. The fourth-order valence-corrected chi connectivity index (χ4v) is 1.30. The number of hydrogen-bond donors (Lipinski definition) is 1. The Morgan fingerprint density at radius 2 is 1.43 bits per heavy atom. The first-order chi connectivity index (χ1) is 6.41. The number of aliphatic hydroxyl groups is 1. The molecule has 0 saturated heterocycles. The van der Waals surface area contributed by atoms with Crippen LogP contribution in [0.3, 0.4) is 0 Å². The van der Waals surface area contributed by atoms with Crippen LogP contribution in [0.4, 0.5) is 0 Å². The Labute approximate surface area is 88.1 Å². The second-order valence-electron chi connectivity index (χ2n) is 4.48. The highest BCUT2D eigenvalue weighted by atomic mass is 16.3. The average molecular weight is 203 g/mol. The molecule has 0 radical (unpaired) electrons. The van der Waals surface area contributed by atoms with E-state index < -0.39 is 0 Å². The van der Waals surface area contributed by atoms with Crippen LogP contribution in [-0.4, -0.2) is 87.3 Å². The van der Waals surface area contributed by atoms with E-state index in [4.69, 9.17) is 0 Å². The molecule has 0 fully saturated rings. The molecule has 0 heterocycles. The molecule has 14 heavy (non-hydrogen) atoms. The molecule has 86 valence electrons. The smallest absolute Gasteiger partial charge is 0.0793 e. The van der Waals surface area contributed by atoms with Crippen LogP contribution in [-0.2, 0) is 0 Å². The molecule has 0 rings (SSSR count). The van der Waals surface area contributed by atoms with Crippen molar-refractivity contribution in [1.29, 1.82) is 0 Å². The third kappa shape index (κ3) is 8.44. The Kier molecular flexibility index (Phi) is 7.09. The molecule has 0 aromatic heterocycles. The summed E-state index contributed by atoms with van der Waals surface area (Å²) in [6.07, 6.45) is -0.253. The molecule has 0 aromatic carbocycles. The molecule has 0 aliphatic carbocycles. The van der Waals surface area contributed by atoms with Crippen LogP contribution in [0.2, 0.25) is 0 Å². The summed E-state index contributed by atoms with van der Waals surface area (Å²) >= 11 is 0. The summed E-state index contributed by atoms with van der Waals surface area (Å²) in [4.78, 5) is 6.31. The second kappa shape index (κ2) is 7.17. The Hall–Kier alpha value is -0.160. The summed E-state index contributed by atoms with van der Waals surface area (Å²) in [5, 5.41) is 9.66. The zero-order valence-electron chi connectivity index (χ0n) is 10.2. The average Bonchev–Trinajstić information content (AvgIpc) is 1.98. The van der Waals surface area contributed by atoms with Crippen molar-refractivity contribution in [2.45, 2.75) is 6.10 Å². The van der Waals surface area contributed by atoms with E-state index in [-0.39, 0.29) is 6.10 Å². The first-order valence-electron chi connectivity index (χ1n) is 5.08. The summed E-state index contributed by atoms with van der Waals surface area (Å²) in [7, 11) is 10.1. The molecule has 0 aliphatic heterocycles. The van der Waals surface area contributed by atoms with Crippen LogP contribution in [0, 0.1) is 0 Å². The van der Waals surface area contributed by atoms with E-state index in [9.17, 15) is 5.11 Å². The molecule has 0 spiro atoms. The summed E-state index contributed by atoms with van der Waals surface area (Å²) in [5.74, 6) is 0. The van der Waals surface area contributed by atoms with Crippen LogP contribution in [0.1, 0.15) is 0 Å². The van der Waals surface area contributed by atoms with E-state index >= 15 is 0 Å². The van der Waals surface area contributed by atoms with Crippen LogP contribution in [0.15, 0.2) is 0 Å². The lowest BCUT2D eigenvalue weighted by molar-refractivity contribution is 0.0962. The maximum atomic E-state index is 9.66. The fraction of sp³-hybridized carbons (Fsp3) is 1.00. The van der Waals surface area contributed by atoms with Crippen molar-refractivity contribution in [3.63, 3.8) is 0 Å². The van der Waals surface area contributed by atoms with Crippen LogP contribution in [0.5, 0.6) is 0 Å². The van der Waals surface area contributed by atoms with Gasteiger partial charge in [-0.05, 0) is 35.2 Å². The molecule has 0 aliphatic rings. The monoisotopic (exact) mass is 203 g/mol. The lowest BCUT2D eigenvalue weighted by Gasteiger charge is -2.23. The Balaban J connectivity index is 3.55. The summed E-state index contributed by atoms with van der Waals surface area (Å²) in [6, 6.07) is 0. The van der Waals surface area contributed by atoms with Crippen molar-refractivity contribution in [1.82, 2.24) is 14.7 Å². The van der Waals surface area contributed by atoms with Crippen LogP contribution >= 0.6 is 0 Å². The van der Waals surface area contributed by atoms with Gasteiger partial charge in [-0.3, -0.25) is 0 Å². The minimum Gasteiger partial charge on any atom is -0.390 e. The Bertz CT molecular complexity index is 139. The van der Waals surface area contributed by atoms with Crippen molar-refractivity contribution < 1.29 is 5.11 Å². The zero-order chi connectivity index (χ0) is 11.1. The topological polar surface area (TPSA) is 30.0 Å². The van der Waals surface area contributed by atoms with Gasteiger partial charge in [0.05, 0.1) is 6.10 Å². The number of rotatable bonds is 7. The van der Waals surface area contributed by atoms with Crippen molar-refractivity contribution >= 4 is 0 Å². The van der Waals surface area contributed by atoms with E-state index in [0.717, 1.165) is 26.2 Å². The van der Waals surface area contributed by atoms with Crippen molar-refractivity contribution in [3.8, 4) is 0 Å². The molecular weight excluding hydrogens is 178 g/mol. The highest BCUT2D eigenvalue weighted by Crippen LogP contribution is 1.91. The molecule has 0 saturated carbocycles. The fourth-order valence-electron chi connectivity index (χ4n) is 1.30. The van der Waals surface area contributed by atoms with Crippen molar-refractivity contribution in [2.75, 3.05) is 61.4 Å². The van der Waals surface area contributed by atoms with Gasteiger partial charge in [0.25, 0.3) is 0 Å². The summed E-state index contributed by atoms with van der Waals surface area (Å²) in [6.45, 7) is 3.50. The van der Waals surface area contributed by atoms with Gasteiger partial charge in [0.2, 0.25) is 0 Å². The lowest BCUT2D eigenvalue weighted by atomic mass is 10.3. The minimum absolute atomic E-state index is 0.253. The molecule has 4 heteroatoms. The van der Waals surface area contributed by atoms with Gasteiger partial charge >= 0.3 is 0 Å². The normalized spacial score (nSPS) is 14.4. The largest absolute Gasteiger partial charge is 0.390 e. The number of nitrogens with zero attached hydrogens (tertiary/aromatic N) is 3. The number of likely N-dealkylation sites (N-methyl/N-ethyl adjacent to an activating group) is 3. The van der Waals surface area contributed by atoms with Gasteiger partial charge in [-0.15, -0.1) is 0 Å². The molecule has 1 unspecified atom stereocenters. The van der Waals surface area contributed by atoms with Crippen LogP contribution < -0.4 is 0 Å². The standard InChI is InChI=1S/C10H25N3O/c1-11(2)6-7-13(5)9-10(14)8-12(3)4/h10,14H,6-9H2,1-5H3. The minimum atomic E-state index is -0.253. The first-order valence-corrected chi connectivity index (χ1v) is 5.08. The quantitative estimate of drug-likeness (QED) is 0.598. The predicted octanol–water partition coefficient (Wildman–Crippen LogP) is -0.598. The number of hydrogen-bond acceptors (Lipinski definition) is 4. The van der Waals surface area contributed by atoms with Gasteiger partial charge < -0.3 is 19.8 Å². The molecule has 0 amide bonds. The molecular formula is C10H25N3O. The summed E-state index contributed by atoms with van der Waals surface area (Å²) < 4.78 is 0. The Morgan fingerprint density at radius 3 is 1.86 bits per heavy atom. The summed E-state index contributed by atoms with van der Waals surface area (Å²) in [5.41, 5.74) is 0. The van der Waals surface area contributed by atoms with E-state index in [1.165, 1.54) is 0 Å². The molecule has 0 bridgehead atoms. The molecule has 4 nitrogen and oxygen atoms in total. The van der Waals surface area contributed by atoms with E-state index in [0.29, 0.717) is 0 Å². The lowest BCUT2D eigenvalue weighted by Crippen LogP contribution is -2.38. The van der Waals surface area contributed by atoms with Crippen LogP contribution in [0.25, 0.3) is 0 Å². The van der Waals surface area contributed by atoms with Gasteiger partial charge in [-0.2, -0.15) is 0 Å². The molecule has 1 N–H and O–H groups in total.